The summed E-state index contributed by atoms with van der Waals surface area (Å²) in [7, 11) is 1.62. The Morgan fingerprint density at radius 3 is 2.36 bits per heavy atom. The number of rotatable bonds is 3. The highest BCUT2D eigenvalue weighted by molar-refractivity contribution is 5.50. The second kappa shape index (κ2) is 6.54. The van der Waals surface area contributed by atoms with Gasteiger partial charge in [-0.3, -0.25) is 4.79 Å². The Morgan fingerprint density at radius 1 is 1.11 bits per heavy atom. The maximum atomic E-state index is 14.5. The van der Waals surface area contributed by atoms with Crippen LogP contribution in [0.25, 0.3) is 11.5 Å². The highest BCUT2D eigenvalue weighted by Gasteiger charge is 2.36. The van der Waals surface area contributed by atoms with Gasteiger partial charge in [-0.2, -0.15) is 13.2 Å². The second-order valence-corrected chi connectivity index (χ2v) is 6.94. The fourth-order valence-electron chi connectivity index (χ4n) is 3.11. The summed E-state index contributed by atoms with van der Waals surface area (Å²) in [5, 5.41) is 8.13. The number of halogens is 4. The van der Waals surface area contributed by atoms with Crippen molar-refractivity contribution in [2.75, 3.05) is 0 Å². The standard InChI is InChI=1S/C18H17F4N5O/c1-9-23-13(8-14(28)24-9)15-25-26-16(27(15)4)17(2,3)11-6-5-10(7-12(11)19)18(20,21)22/h5-8H,1-4H3,(H,23,24,28). The molecular weight excluding hydrogens is 378 g/mol. The lowest BCUT2D eigenvalue weighted by atomic mass is 9.83. The molecule has 0 fully saturated rings. The van der Waals surface area contributed by atoms with Crippen molar-refractivity contribution in [1.82, 2.24) is 24.7 Å². The Balaban J connectivity index is 2.09. The number of benzene rings is 1. The molecule has 28 heavy (non-hydrogen) atoms. The van der Waals surface area contributed by atoms with Crippen LogP contribution in [0.3, 0.4) is 0 Å². The molecule has 10 heteroatoms. The highest BCUT2D eigenvalue weighted by Crippen LogP contribution is 2.36. The van der Waals surface area contributed by atoms with Crippen molar-refractivity contribution in [2.24, 2.45) is 7.05 Å². The van der Waals surface area contributed by atoms with E-state index in [1.54, 1.807) is 32.4 Å². The molecule has 0 unspecified atom stereocenters. The van der Waals surface area contributed by atoms with Gasteiger partial charge in [0.05, 0.1) is 11.0 Å². The third-order valence-electron chi connectivity index (χ3n) is 4.49. The molecule has 0 saturated heterocycles. The molecule has 0 bridgehead atoms. The molecule has 3 aromatic rings. The van der Waals surface area contributed by atoms with Crippen LogP contribution < -0.4 is 5.56 Å². The summed E-state index contributed by atoms with van der Waals surface area (Å²) in [5.41, 5.74) is -2.19. The number of aromatic nitrogens is 5. The van der Waals surface area contributed by atoms with Crippen LogP contribution in [0, 0.1) is 12.7 Å². The molecule has 148 valence electrons. The van der Waals surface area contributed by atoms with E-state index in [9.17, 15) is 22.4 Å². The molecule has 3 rings (SSSR count). The van der Waals surface area contributed by atoms with E-state index in [4.69, 9.17) is 0 Å². The van der Waals surface area contributed by atoms with Crippen molar-refractivity contribution in [3.8, 4) is 11.5 Å². The third-order valence-corrected chi connectivity index (χ3v) is 4.49. The zero-order chi connectivity index (χ0) is 20.9. The van der Waals surface area contributed by atoms with Crippen LogP contribution in [0.15, 0.2) is 29.1 Å². The van der Waals surface area contributed by atoms with Crippen LogP contribution in [-0.2, 0) is 18.6 Å². The minimum Gasteiger partial charge on any atom is -0.312 e. The molecule has 0 aliphatic heterocycles. The lowest BCUT2D eigenvalue weighted by Gasteiger charge is -2.25. The van der Waals surface area contributed by atoms with Crippen molar-refractivity contribution in [3.05, 3.63) is 63.2 Å². The molecule has 0 aliphatic rings. The number of alkyl halides is 3. The van der Waals surface area contributed by atoms with Crippen LogP contribution in [0.1, 0.15) is 36.6 Å². The fraction of sp³-hybridized carbons (Fsp3) is 0.333. The normalized spacial score (nSPS) is 12.4. The minimum absolute atomic E-state index is 0.0394. The first-order valence-electron chi connectivity index (χ1n) is 8.26. The van der Waals surface area contributed by atoms with Crippen LogP contribution >= 0.6 is 0 Å². The topological polar surface area (TPSA) is 76.5 Å². The van der Waals surface area contributed by atoms with Crippen molar-refractivity contribution in [2.45, 2.75) is 32.4 Å². The number of aromatic amines is 1. The quantitative estimate of drug-likeness (QED) is 0.690. The van der Waals surface area contributed by atoms with E-state index >= 15 is 0 Å². The maximum absolute atomic E-state index is 14.5. The molecule has 0 saturated carbocycles. The summed E-state index contributed by atoms with van der Waals surface area (Å²) in [5.74, 6) is -0.0138. The first-order valence-corrected chi connectivity index (χ1v) is 8.26. The molecule has 2 aromatic heterocycles. The molecule has 0 spiro atoms. The molecule has 6 nitrogen and oxygen atoms in total. The molecule has 0 radical (unpaired) electrons. The largest absolute Gasteiger partial charge is 0.416 e. The Bertz CT molecular complexity index is 1100. The van der Waals surface area contributed by atoms with Gasteiger partial charge >= 0.3 is 6.18 Å². The first-order chi connectivity index (χ1) is 12.9. The van der Waals surface area contributed by atoms with Gasteiger partial charge in [-0.15, -0.1) is 10.2 Å². The van der Waals surface area contributed by atoms with Gasteiger partial charge in [0.15, 0.2) is 5.82 Å². The van der Waals surface area contributed by atoms with Gasteiger partial charge in [0.1, 0.15) is 23.2 Å². The number of hydrogen-bond acceptors (Lipinski definition) is 4. The molecule has 1 N–H and O–H groups in total. The van der Waals surface area contributed by atoms with Crippen molar-refractivity contribution in [3.63, 3.8) is 0 Å². The van der Waals surface area contributed by atoms with Gasteiger partial charge in [-0.25, -0.2) is 9.37 Å². The predicted octanol–water partition coefficient (Wildman–Crippen LogP) is 3.36. The number of nitrogens with one attached hydrogen (secondary N) is 1. The molecule has 0 atom stereocenters. The van der Waals surface area contributed by atoms with E-state index < -0.39 is 23.0 Å². The molecular formula is C18H17F4N5O. The van der Waals surface area contributed by atoms with Crippen molar-refractivity contribution < 1.29 is 17.6 Å². The molecule has 0 aliphatic carbocycles. The summed E-state index contributed by atoms with van der Waals surface area (Å²) in [6.45, 7) is 4.87. The monoisotopic (exact) mass is 395 g/mol. The summed E-state index contributed by atoms with van der Waals surface area (Å²) in [4.78, 5) is 18.4. The van der Waals surface area contributed by atoms with Crippen LogP contribution in [0.2, 0.25) is 0 Å². The average molecular weight is 395 g/mol. The average Bonchev–Trinajstić information content (AvgIpc) is 2.95. The van der Waals surface area contributed by atoms with E-state index in [1.807, 2.05) is 0 Å². The van der Waals surface area contributed by atoms with Crippen LogP contribution in [0.4, 0.5) is 17.6 Å². The maximum Gasteiger partial charge on any atom is 0.416 e. The second-order valence-electron chi connectivity index (χ2n) is 6.94. The summed E-state index contributed by atoms with van der Waals surface area (Å²) in [6.07, 6.45) is -4.63. The summed E-state index contributed by atoms with van der Waals surface area (Å²) < 4.78 is 54.5. The van der Waals surface area contributed by atoms with Gasteiger partial charge in [0.2, 0.25) is 0 Å². The SMILES string of the molecule is Cc1nc(-c2nnc(C(C)(C)c3ccc(C(F)(F)F)cc3F)n2C)cc(=O)[nH]1. The van der Waals surface area contributed by atoms with E-state index in [1.165, 1.54) is 6.07 Å². The smallest absolute Gasteiger partial charge is 0.312 e. The predicted molar refractivity (Wildman–Crippen MR) is 93.1 cm³/mol. The van der Waals surface area contributed by atoms with Gasteiger partial charge in [0.25, 0.3) is 5.56 Å². The molecule has 1 aromatic carbocycles. The molecule has 2 heterocycles. The fourth-order valence-corrected chi connectivity index (χ4v) is 3.11. The lowest BCUT2D eigenvalue weighted by molar-refractivity contribution is -0.137. The lowest BCUT2D eigenvalue weighted by Crippen LogP contribution is -2.25. The minimum atomic E-state index is -4.63. The van der Waals surface area contributed by atoms with Gasteiger partial charge in [-0.1, -0.05) is 6.07 Å². The van der Waals surface area contributed by atoms with Crippen molar-refractivity contribution >= 4 is 0 Å². The Kier molecular flexibility index (Phi) is 4.60. The number of H-pyrrole nitrogens is 1. The van der Waals surface area contributed by atoms with Crippen LogP contribution in [0.5, 0.6) is 0 Å². The Labute approximate surface area is 157 Å². The van der Waals surface area contributed by atoms with E-state index in [0.717, 1.165) is 12.1 Å². The van der Waals surface area contributed by atoms with E-state index in [0.29, 0.717) is 17.7 Å². The zero-order valence-corrected chi connectivity index (χ0v) is 15.5. The van der Waals surface area contributed by atoms with Crippen LogP contribution in [-0.4, -0.2) is 24.7 Å². The zero-order valence-electron chi connectivity index (χ0n) is 15.5. The summed E-state index contributed by atoms with van der Waals surface area (Å²) >= 11 is 0. The Morgan fingerprint density at radius 2 is 1.79 bits per heavy atom. The first kappa shape index (κ1) is 19.7. The van der Waals surface area contributed by atoms with Gasteiger partial charge in [-0.05, 0) is 32.9 Å². The van der Waals surface area contributed by atoms with Gasteiger partial charge < -0.3 is 9.55 Å². The highest BCUT2D eigenvalue weighted by atomic mass is 19.4. The third kappa shape index (κ3) is 3.41. The Hall–Kier alpha value is -3.04. The number of nitrogens with zero attached hydrogens (tertiary/aromatic N) is 4. The molecule has 0 amide bonds. The van der Waals surface area contributed by atoms with Gasteiger partial charge in [0, 0.05) is 18.7 Å². The van der Waals surface area contributed by atoms with E-state index in [2.05, 4.69) is 20.2 Å². The summed E-state index contributed by atoms with van der Waals surface area (Å²) in [6, 6.07) is 3.66. The van der Waals surface area contributed by atoms with E-state index in [-0.39, 0.29) is 22.6 Å². The number of hydrogen-bond donors (Lipinski definition) is 1. The van der Waals surface area contributed by atoms with Crippen molar-refractivity contribution in [1.29, 1.82) is 0 Å². The number of aryl methyl sites for hydroxylation is 1.